The number of hydrogen-bond acceptors (Lipinski definition) is 4. The number of hydrogen-bond donors (Lipinski definition) is 2. The predicted octanol–water partition coefficient (Wildman–Crippen LogP) is 1.90. The molecular formula is C19H31FN4O2. The van der Waals surface area contributed by atoms with Gasteiger partial charge < -0.3 is 15.5 Å². The average Bonchev–Trinajstić information content (AvgIpc) is 2.99. The number of nitriles is 1. The average molecular weight is 366 g/mol. The Labute approximate surface area is 155 Å². The second kappa shape index (κ2) is 8.34. The Kier molecular flexibility index (Phi) is 6.62. The highest BCUT2D eigenvalue weighted by atomic mass is 19.1. The summed E-state index contributed by atoms with van der Waals surface area (Å²) in [7, 11) is 0. The van der Waals surface area contributed by atoms with Crippen molar-refractivity contribution in [1.82, 2.24) is 15.5 Å². The van der Waals surface area contributed by atoms with Crippen LogP contribution in [-0.2, 0) is 9.59 Å². The summed E-state index contributed by atoms with van der Waals surface area (Å²) in [5.41, 5.74) is -0.775. The molecule has 1 saturated carbocycles. The van der Waals surface area contributed by atoms with Crippen molar-refractivity contribution in [1.29, 1.82) is 5.26 Å². The summed E-state index contributed by atoms with van der Waals surface area (Å²) < 4.78 is 13.5. The molecule has 1 aliphatic carbocycles. The number of likely N-dealkylation sites (tertiary alicyclic amines) is 1. The summed E-state index contributed by atoms with van der Waals surface area (Å²) in [5.74, 6) is -0.210. The number of carbonyl (C=O) groups is 2. The molecule has 146 valence electrons. The molecule has 2 atom stereocenters. The van der Waals surface area contributed by atoms with Crippen molar-refractivity contribution in [3.8, 4) is 6.07 Å². The van der Waals surface area contributed by atoms with Crippen LogP contribution < -0.4 is 10.6 Å². The molecule has 26 heavy (non-hydrogen) atoms. The highest BCUT2D eigenvalue weighted by Gasteiger charge is 2.37. The highest BCUT2D eigenvalue weighted by molar-refractivity contribution is 5.82. The van der Waals surface area contributed by atoms with E-state index in [0.717, 1.165) is 25.7 Å². The van der Waals surface area contributed by atoms with E-state index in [1.54, 1.807) is 0 Å². The fraction of sp³-hybridized carbons (Fsp3) is 0.842. The molecule has 0 aromatic carbocycles. The van der Waals surface area contributed by atoms with E-state index < -0.39 is 17.8 Å². The van der Waals surface area contributed by atoms with Gasteiger partial charge in [-0.25, -0.2) is 4.39 Å². The molecule has 0 unspecified atom stereocenters. The Morgan fingerprint density at radius 1 is 1.31 bits per heavy atom. The van der Waals surface area contributed by atoms with E-state index in [0.29, 0.717) is 6.54 Å². The molecule has 0 aromatic heterocycles. The molecule has 2 rings (SSSR count). The minimum atomic E-state index is -1.13. The lowest BCUT2D eigenvalue weighted by atomic mass is 9.75. The largest absolute Gasteiger partial charge is 0.354 e. The van der Waals surface area contributed by atoms with Crippen LogP contribution in [0.25, 0.3) is 0 Å². The van der Waals surface area contributed by atoms with E-state index in [9.17, 15) is 14.0 Å². The third kappa shape index (κ3) is 5.16. The van der Waals surface area contributed by atoms with E-state index >= 15 is 0 Å². The number of halogens is 1. The maximum atomic E-state index is 13.5. The first-order valence-corrected chi connectivity index (χ1v) is 9.53. The number of nitrogens with zero attached hydrogens (tertiary/aromatic N) is 2. The Morgan fingerprint density at radius 3 is 2.58 bits per heavy atom. The second-order valence-corrected chi connectivity index (χ2v) is 8.57. The molecule has 0 bridgehead atoms. The molecule has 1 saturated heterocycles. The smallest absolute Gasteiger partial charge is 0.237 e. The van der Waals surface area contributed by atoms with Crippen LogP contribution in [0.4, 0.5) is 4.39 Å². The number of nitrogens with one attached hydrogen (secondary N) is 2. The Morgan fingerprint density at radius 2 is 1.96 bits per heavy atom. The summed E-state index contributed by atoms with van der Waals surface area (Å²) in [4.78, 5) is 26.1. The fourth-order valence-electron chi connectivity index (χ4n) is 3.74. The topological polar surface area (TPSA) is 85.2 Å². The minimum absolute atomic E-state index is 0.0189. The van der Waals surface area contributed by atoms with Crippen LogP contribution in [-0.4, -0.2) is 54.1 Å². The van der Waals surface area contributed by atoms with Gasteiger partial charge in [-0.1, -0.05) is 26.2 Å². The van der Waals surface area contributed by atoms with Gasteiger partial charge in [0.1, 0.15) is 12.2 Å². The van der Waals surface area contributed by atoms with Gasteiger partial charge >= 0.3 is 0 Å². The molecule has 0 spiro atoms. The predicted molar refractivity (Wildman–Crippen MR) is 96.9 cm³/mol. The van der Waals surface area contributed by atoms with Gasteiger partial charge in [0, 0.05) is 23.9 Å². The van der Waals surface area contributed by atoms with Gasteiger partial charge in [0.05, 0.1) is 19.2 Å². The van der Waals surface area contributed by atoms with Crippen molar-refractivity contribution < 1.29 is 14.0 Å². The number of carbonyl (C=O) groups excluding carboxylic acids is 2. The van der Waals surface area contributed by atoms with E-state index in [4.69, 9.17) is 5.26 Å². The van der Waals surface area contributed by atoms with Gasteiger partial charge in [0.15, 0.2) is 0 Å². The van der Waals surface area contributed by atoms with Gasteiger partial charge in [-0.2, -0.15) is 5.26 Å². The van der Waals surface area contributed by atoms with Crippen LogP contribution in [0.3, 0.4) is 0 Å². The molecule has 7 heteroatoms. The number of amides is 2. The minimum Gasteiger partial charge on any atom is -0.354 e. The van der Waals surface area contributed by atoms with Crippen molar-refractivity contribution >= 4 is 11.8 Å². The van der Waals surface area contributed by atoms with Gasteiger partial charge in [-0.05, 0) is 26.7 Å². The van der Waals surface area contributed by atoms with Crippen molar-refractivity contribution in [3.05, 3.63) is 0 Å². The van der Waals surface area contributed by atoms with Crippen LogP contribution in [0, 0.1) is 16.7 Å². The van der Waals surface area contributed by atoms with Gasteiger partial charge in [-0.15, -0.1) is 0 Å². The standard InChI is InChI=1S/C19H31FN4O2/c1-18(2,13-22-17(26)19(3)7-5-4-6-8-19)23-11-16(25)24-12-14(20)9-15(24)10-21/h14-15,23H,4-9,11-13H2,1-3H3,(H,22,26)/t14-,15-/m0/s1. The second-order valence-electron chi connectivity index (χ2n) is 8.57. The summed E-state index contributed by atoms with van der Waals surface area (Å²) in [5, 5.41) is 15.2. The molecule has 6 nitrogen and oxygen atoms in total. The normalized spacial score (nSPS) is 25.6. The first-order valence-electron chi connectivity index (χ1n) is 9.53. The summed E-state index contributed by atoms with van der Waals surface area (Å²) in [6, 6.07) is 1.30. The molecule has 2 aliphatic rings. The molecule has 0 radical (unpaired) electrons. The van der Waals surface area contributed by atoms with Gasteiger partial charge in [0.2, 0.25) is 11.8 Å². The monoisotopic (exact) mass is 366 g/mol. The lowest BCUT2D eigenvalue weighted by Crippen LogP contribution is -2.54. The van der Waals surface area contributed by atoms with Crippen molar-refractivity contribution in [3.63, 3.8) is 0 Å². The first-order chi connectivity index (χ1) is 12.2. The van der Waals surface area contributed by atoms with E-state index in [1.807, 2.05) is 26.8 Å². The van der Waals surface area contributed by atoms with E-state index in [2.05, 4.69) is 10.6 Å². The molecule has 2 amide bonds. The molecule has 1 aliphatic heterocycles. The maximum absolute atomic E-state index is 13.5. The van der Waals surface area contributed by atoms with Crippen LogP contribution >= 0.6 is 0 Å². The number of rotatable bonds is 6. The van der Waals surface area contributed by atoms with Crippen molar-refractivity contribution in [2.45, 2.75) is 77.0 Å². The molecule has 1 heterocycles. The molecule has 0 aromatic rings. The van der Waals surface area contributed by atoms with Crippen molar-refractivity contribution in [2.24, 2.45) is 5.41 Å². The zero-order chi connectivity index (χ0) is 19.4. The summed E-state index contributed by atoms with van der Waals surface area (Å²) >= 11 is 0. The molecular weight excluding hydrogens is 335 g/mol. The third-order valence-electron chi connectivity index (χ3n) is 5.63. The lowest BCUT2D eigenvalue weighted by molar-refractivity contribution is -0.132. The van der Waals surface area contributed by atoms with Gasteiger partial charge in [-0.3, -0.25) is 9.59 Å². The molecule has 2 fully saturated rings. The lowest BCUT2D eigenvalue weighted by Gasteiger charge is -2.34. The van der Waals surface area contributed by atoms with Crippen LogP contribution in [0.2, 0.25) is 0 Å². The first kappa shape index (κ1) is 20.6. The van der Waals surface area contributed by atoms with Crippen molar-refractivity contribution in [2.75, 3.05) is 19.6 Å². The van der Waals surface area contributed by atoms with Gasteiger partial charge in [0.25, 0.3) is 0 Å². The Hall–Kier alpha value is -1.68. The van der Waals surface area contributed by atoms with E-state index in [-0.39, 0.29) is 36.7 Å². The fourth-order valence-corrected chi connectivity index (χ4v) is 3.74. The molecule has 2 N–H and O–H groups in total. The number of alkyl halides is 1. The summed E-state index contributed by atoms with van der Waals surface area (Å²) in [6.45, 7) is 6.25. The summed E-state index contributed by atoms with van der Waals surface area (Å²) in [6.07, 6.45) is 4.15. The highest BCUT2D eigenvalue weighted by Crippen LogP contribution is 2.35. The van der Waals surface area contributed by atoms with E-state index in [1.165, 1.54) is 11.3 Å². The maximum Gasteiger partial charge on any atom is 0.237 e. The SMILES string of the molecule is CC(C)(CNC(=O)C1(C)CCCCC1)NCC(=O)N1C[C@@H](F)C[C@H]1C#N. The zero-order valence-electron chi connectivity index (χ0n) is 16.1. The Balaban J connectivity index is 1.80. The van der Waals surface area contributed by atoms with Crippen LogP contribution in [0.5, 0.6) is 0 Å². The quantitative estimate of drug-likeness (QED) is 0.752. The van der Waals surface area contributed by atoms with Crippen LogP contribution in [0.1, 0.15) is 59.3 Å². The Bertz CT molecular complexity index is 566. The van der Waals surface area contributed by atoms with Crippen LogP contribution in [0.15, 0.2) is 0 Å². The third-order valence-corrected chi connectivity index (χ3v) is 5.63. The zero-order valence-corrected chi connectivity index (χ0v) is 16.1.